The van der Waals surface area contributed by atoms with Gasteiger partial charge >= 0.3 is 12.1 Å². The molecule has 0 heterocycles. The van der Waals surface area contributed by atoms with Crippen molar-refractivity contribution in [3.63, 3.8) is 0 Å². The lowest BCUT2D eigenvalue weighted by Gasteiger charge is -2.12. The minimum Gasteiger partial charge on any atom is -0.464 e. The molecule has 0 fully saturated rings. The lowest BCUT2D eigenvalue weighted by molar-refractivity contribution is -0.145. The number of nitrogens with one attached hydrogen (secondary N) is 1. The average molecular weight is 217 g/mol. The molecule has 0 aromatic heterocycles. The van der Waals surface area contributed by atoms with Crippen LogP contribution in [0.1, 0.15) is 33.1 Å². The van der Waals surface area contributed by atoms with Crippen molar-refractivity contribution in [2.75, 3.05) is 13.7 Å². The summed E-state index contributed by atoms with van der Waals surface area (Å²) in [5.74, 6) is -0.434. The number of carbonyl (C=O) groups excluding carboxylic acids is 2. The van der Waals surface area contributed by atoms with E-state index in [9.17, 15) is 9.59 Å². The fourth-order valence-corrected chi connectivity index (χ4v) is 0.944. The number of esters is 1. The van der Waals surface area contributed by atoms with E-state index in [0.29, 0.717) is 6.61 Å². The Morgan fingerprint density at radius 3 is 2.53 bits per heavy atom. The van der Waals surface area contributed by atoms with Gasteiger partial charge in [-0.15, -0.1) is 0 Å². The number of hydrogen-bond acceptors (Lipinski definition) is 4. The Morgan fingerprint density at radius 1 is 1.33 bits per heavy atom. The Morgan fingerprint density at radius 2 is 2.00 bits per heavy atom. The first kappa shape index (κ1) is 13.7. The molecule has 0 aliphatic rings. The summed E-state index contributed by atoms with van der Waals surface area (Å²) in [6, 6.07) is -0.668. The Kier molecular flexibility index (Phi) is 7.40. The SMILES string of the molecule is CCCCCOC(=O)[C@H](C)NC(=O)OC. The molecule has 0 aliphatic carbocycles. The molecule has 0 rings (SSSR count). The van der Waals surface area contributed by atoms with Crippen molar-refractivity contribution in [1.82, 2.24) is 5.32 Å². The quantitative estimate of drug-likeness (QED) is 0.540. The highest BCUT2D eigenvalue weighted by atomic mass is 16.5. The molecule has 0 aromatic carbocycles. The monoisotopic (exact) mass is 217 g/mol. The number of alkyl carbamates (subject to hydrolysis) is 1. The maximum atomic E-state index is 11.3. The average Bonchev–Trinajstić information content (AvgIpc) is 2.23. The van der Waals surface area contributed by atoms with Crippen LogP contribution in [-0.2, 0) is 14.3 Å². The van der Waals surface area contributed by atoms with Crippen LogP contribution in [0.2, 0.25) is 0 Å². The van der Waals surface area contributed by atoms with Crippen LogP contribution in [0.25, 0.3) is 0 Å². The van der Waals surface area contributed by atoms with Gasteiger partial charge in [-0.2, -0.15) is 0 Å². The van der Waals surface area contributed by atoms with Crippen LogP contribution in [0.3, 0.4) is 0 Å². The number of amides is 1. The van der Waals surface area contributed by atoms with Gasteiger partial charge in [0, 0.05) is 0 Å². The van der Waals surface area contributed by atoms with E-state index in [0.717, 1.165) is 19.3 Å². The zero-order valence-corrected chi connectivity index (χ0v) is 9.54. The Balaban J connectivity index is 3.64. The third kappa shape index (κ3) is 6.76. The number of rotatable bonds is 6. The summed E-state index contributed by atoms with van der Waals surface area (Å²) in [5.41, 5.74) is 0. The molecule has 0 aliphatic heterocycles. The Labute approximate surface area is 90.1 Å². The molecule has 15 heavy (non-hydrogen) atoms. The van der Waals surface area contributed by atoms with Gasteiger partial charge in [0.05, 0.1) is 13.7 Å². The largest absolute Gasteiger partial charge is 0.464 e. The van der Waals surface area contributed by atoms with Crippen molar-refractivity contribution in [3.05, 3.63) is 0 Å². The Bertz CT molecular complexity index is 206. The van der Waals surface area contributed by atoms with Gasteiger partial charge in [-0.25, -0.2) is 9.59 Å². The second-order valence-electron chi connectivity index (χ2n) is 3.23. The summed E-state index contributed by atoms with van der Waals surface area (Å²) in [6.45, 7) is 4.03. The lowest BCUT2D eigenvalue weighted by atomic mass is 10.3. The molecule has 0 spiro atoms. The molecule has 88 valence electrons. The molecule has 0 unspecified atom stereocenters. The first-order chi connectivity index (χ1) is 7.11. The van der Waals surface area contributed by atoms with Crippen LogP contribution in [0.5, 0.6) is 0 Å². The van der Waals surface area contributed by atoms with E-state index in [-0.39, 0.29) is 0 Å². The van der Waals surface area contributed by atoms with Gasteiger partial charge in [0.2, 0.25) is 0 Å². The van der Waals surface area contributed by atoms with Crippen molar-refractivity contribution in [1.29, 1.82) is 0 Å². The molecular weight excluding hydrogens is 198 g/mol. The number of unbranched alkanes of at least 4 members (excludes halogenated alkanes) is 2. The van der Waals surface area contributed by atoms with E-state index in [4.69, 9.17) is 4.74 Å². The normalized spacial score (nSPS) is 11.7. The maximum Gasteiger partial charge on any atom is 0.407 e. The second kappa shape index (κ2) is 8.08. The van der Waals surface area contributed by atoms with Crippen LogP contribution in [-0.4, -0.2) is 31.8 Å². The third-order valence-electron chi connectivity index (χ3n) is 1.87. The molecule has 0 radical (unpaired) electrons. The molecule has 0 aromatic rings. The van der Waals surface area contributed by atoms with Crippen LogP contribution >= 0.6 is 0 Å². The van der Waals surface area contributed by atoms with Crippen molar-refractivity contribution in [3.8, 4) is 0 Å². The summed E-state index contributed by atoms with van der Waals surface area (Å²) in [4.78, 5) is 22.0. The van der Waals surface area contributed by atoms with E-state index in [1.54, 1.807) is 6.92 Å². The van der Waals surface area contributed by atoms with Crippen LogP contribution in [0, 0.1) is 0 Å². The zero-order valence-electron chi connectivity index (χ0n) is 9.54. The summed E-state index contributed by atoms with van der Waals surface area (Å²) in [5, 5.41) is 2.33. The third-order valence-corrected chi connectivity index (χ3v) is 1.87. The second-order valence-corrected chi connectivity index (χ2v) is 3.23. The van der Waals surface area contributed by atoms with Gasteiger partial charge in [-0.3, -0.25) is 0 Å². The number of methoxy groups -OCH3 is 1. The minimum atomic E-state index is -0.668. The highest BCUT2D eigenvalue weighted by molar-refractivity contribution is 5.80. The van der Waals surface area contributed by atoms with Crippen LogP contribution in [0.15, 0.2) is 0 Å². The lowest BCUT2D eigenvalue weighted by Crippen LogP contribution is -2.39. The number of carbonyl (C=O) groups is 2. The molecule has 0 saturated heterocycles. The fourth-order valence-electron chi connectivity index (χ4n) is 0.944. The topological polar surface area (TPSA) is 64.6 Å². The summed E-state index contributed by atoms with van der Waals surface area (Å²) in [7, 11) is 1.24. The van der Waals surface area contributed by atoms with Gasteiger partial charge in [0.1, 0.15) is 6.04 Å². The van der Waals surface area contributed by atoms with Crippen molar-refractivity contribution in [2.45, 2.75) is 39.2 Å². The fraction of sp³-hybridized carbons (Fsp3) is 0.800. The van der Waals surface area contributed by atoms with Crippen molar-refractivity contribution in [2.24, 2.45) is 0 Å². The molecule has 1 atom stereocenters. The highest BCUT2D eigenvalue weighted by Gasteiger charge is 2.16. The van der Waals surface area contributed by atoms with Gasteiger partial charge < -0.3 is 14.8 Å². The predicted molar refractivity (Wildman–Crippen MR) is 55.5 cm³/mol. The molecule has 5 nitrogen and oxygen atoms in total. The molecule has 5 heteroatoms. The maximum absolute atomic E-state index is 11.3. The van der Waals surface area contributed by atoms with Crippen LogP contribution < -0.4 is 5.32 Å². The number of ether oxygens (including phenoxy) is 2. The van der Waals surface area contributed by atoms with E-state index in [2.05, 4.69) is 17.0 Å². The molecular formula is C10H19NO4. The molecule has 0 saturated carbocycles. The first-order valence-electron chi connectivity index (χ1n) is 5.13. The van der Waals surface area contributed by atoms with Crippen molar-refractivity contribution >= 4 is 12.1 Å². The summed E-state index contributed by atoms with van der Waals surface area (Å²) < 4.78 is 9.30. The van der Waals surface area contributed by atoms with E-state index in [1.165, 1.54) is 7.11 Å². The van der Waals surface area contributed by atoms with Gasteiger partial charge in [-0.05, 0) is 13.3 Å². The van der Waals surface area contributed by atoms with Gasteiger partial charge in [-0.1, -0.05) is 19.8 Å². The predicted octanol–water partition coefficient (Wildman–Crippen LogP) is 1.46. The minimum absolute atomic E-state index is 0.403. The summed E-state index contributed by atoms with van der Waals surface area (Å²) in [6.07, 6.45) is 2.33. The van der Waals surface area contributed by atoms with Gasteiger partial charge in [0.25, 0.3) is 0 Å². The molecule has 0 bridgehead atoms. The smallest absolute Gasteiger partial charge is 0.407 e. The van der Waals surface area contributed by atoms with Crippen LogP contribution in [0.4, 0.5) is 4.79 Å². The zero-order chi connectivity index (χ0) is 11.7. The summed E-state index contributed by atoms with van der Waals surface area (Å²) >= 11 is 0. The van der Waals surface area contributed by atoms with Gasteiger partial charge in [0.15, 0.2) is 0 Å². The standard InChI is InChI=1S/C10H19NO4/c1-4-5-6-7-15-9(12)8(2)11-10(13)14-3/h8H,4-7H2,1-3H3,(H,11,13)/t8-/m0/s1. The van der Waals surface area contributed by atoms with E-state index < -0.39 is 18.1 Å². The number of hydrogen-bond donors (Lipinski definition) is 1. The highest BCUT2D eigenvalue weighted by Crippen LogP contribution is 1.96. The van der Waals surface area contributed by atoms with E-state index in [1.807, 2.05) is 0 Å². The first-order valence-corrected chi connectivity index (χ1v) is 5.13. The van der Waals surface area contributed by atoms with E-state index >= 15 is 0 Å². The molecule has 1 amide bonds. The molecule has 1 N–H and O–H groups in total. The van der Waals surface area contributed by atoms with Crippen molar-refractivity contribution < 1.29 is 19.1 Å². The Hall–Kier alpha value is -1.26.